The number of aliphatic hydroxyl groups excluding tert-OH is 1. The molecule has 2 heterocycles. The van der Waals surface area contributed by atoms with Crippen molar-refractivity contribution in [1.82, 2.24) is 14.7 Å². The van der Waals surface area contributed by atoms with E-state index in [4.69, 9.17) is 0 Å². The van der Waals surface area contributed by atoms with Gasteiger partial charge in [0, 0.05) is 17.8 Å². The summed E-state index contributed by atoms with van der Waals surface area (Å²) in [6.45, 7) is 0.0248. The molecule has 20 heavy (non-hydrogen) atoms. The predicted octanol–water partition coefficient (Wildman–Crippen LogP) is 1.75. The molecule has 1 aliphatic rings. The zero-order chi connectivity index (χ0) is 14.0. The normalized spacial score (nSPS) is 18.2. The molecule has 1 fully saturated rings. The quantitative estimate of drug-likeness (QED) is 0.902. The third-order valence-electron chi connectivity index (χ3n) is 4.00. The van der Waals surface area contributed by atoms with Crippen molar-refractivity contribution >= 4 is 22.2 Å². The minimum Gasteiger partial charge on any atom is -0.394 e. The molecule has 3 rings (SSSR count). The molecular weight excluding hydrogens is 274 g/mol. The molecule has 5 nitrogen and oxygen atoms in total. The Balaban J connectivity index is 1.65. The average molecular weight is 293 g/mol. The van der Waals surface area contributed by atoms with E-state index in [-0.39, 0.29) is 18.9 Å². The lowest BCUT2D eigenvalue weighted by molar-refractivity contribution is -0.123. The lowest BCUT2D eigenvalue weighted by Gasteiger charge is -2.36. The average Bonchev–Trinajstić information content (AvgIpc) is 3.00. The largest absolute Gasteiger partial charge is 0.394 e. The lowest BCUT2D eigenvalue weighted by atomic mass is 9.82. The molecule has 0 spiro atoms. The van der Waals surface area contributed by atoms with Crippen molar-refractivity contribution in [2.75, 3.05) is 6.61 Å². The van der Waals surface area contributed by atoms with Crippen molar-refractivity contribution in [2.45, 2.75) is 44.1 Å². The van der Waals surface area contributed by atoms with Gasteiger partial charge in [0.2, 0.25) is 5.91 Å². The zero-order valence-electron chi connectivity index (χ0n) is 11.3. The van der Waals surface area contributed by atoms with Gasteiger partial charge in [-0.3, -0.25) is 9.20 Å². The molecule has 2 aromatic heterocycles. The molecule has 0 aromatic carbocycles. The summed E-state index contributed by atoms with van der Waals surface area (Å²) in [7, 11) is 0. The summed E-state index contributed by atoms with van der Waals surface area (Å²) in [5.74, 6) is -0.0493. The number of imidazole rings is 1. The molecular formula is C14H19N3O2S. The monoisotopic (exact) mass is 293 g/mol. The van der Waals surface area contributed by atoms with Gasteiger partial charge in [-0.1, -0.05) is 19.3 Å². The SMILES string of the molecule is O=C(Cc1cn2ccsc2n1)NC1(CO)CCCCC1. The Morgan fingerprint density at radius 1 is 1.45 bits per heavy atom. The van der Waals surface area contributed by atoms with Crippen LogP contribution in [0.3, 0.4) is 0 Å². The first-order chi connectivity index (χ1) is 9.71. The van der Waals surface area contributed by atoms with E-state index in [0.717, 1.165) is 36.3 Å². The van der Waals surface area contributed by atoms with Crippen LogP contribution in [0.4, 0.5) is 0 Å². The van der Waals surface area contributed by atoms with Crippen LogP contribution in [0, 0.1) is 0 Å². The minimum atomic E-state index is -0.410. The summed E-state index contributed by atoms with van der Waals surface area (Å²) in [6.07, 6.45) is 9.16. The molecule has 1 aliphatic carbocycles. The van der Waals surface area contributed by atoms with Gasteiger partial charge in [0.05, 0.1) is 24.3 Å². The molecule has 1 amide bonds. The Morgan fingerprint density at radius 2 is 2.25 bits per heavy atom. The summed E-state index contributed by atoms with van der Waals surface area (Å²) in [4.78, 5) is 17.5. The first-order valence-corrected chi connectivity index (χ1v) is 7.92. The second-order valence-electron chi connectivity index (χ2n) is 5.55. The first kappa shape index (κ1) is 13.6. The third kappa shape index (κ3) is 2.71. The smallest absolute Gasteiger partial charge is 0.226 e. The van der Waals surface area contributed by atoms with Gasteiger partial charge >= 0.3 is 0 Å². The van der Waals surface area contributed by atoms with Crippen molar-refractivity contribution < 1.29 is 9.90 Å². The molecule has 2 aromatic rings. The van der Waals surface area contributed by atoms with Crippen LogP contribution in [-0.2, 0) is 11.2 Å². The van der Waals surface area contributed by atoms with Gasteiger partial charge in [0.25, 0.3) is 0 Å². The van der Waals surface area contributed by atoms with Gasteiger partial charge in [0.15, 0.2) is 4.96 Å². The van der Waals surface area contributed by atoms with Crippen molar-refractivity contribution in [1.29, 1.82) is 0 Å². The van der Waals surface area contributed by atoms with Crippen LogP contribution in [0.1, 0.15) is 37.8 Å². The third-order valence-corrected chi connectivity index (χ3v) is 4.77. The van der Waals surface area contributed by atoms with Gasteiger partial charge in [-0.25, -0.2) is 4.98 Å². The highest BCUT2D eigenvalue weighted by molar-refractivity contribution is 7.15. The fourth-order valence-corrected chi connectivity index (χ4v) is 3.64. The number of fused-ring (bicyclic) bond motifs is 1. The van der Waals surface area contributed by atoms with Gasteiger partial charge < -0.3 is 10.4 Å². The van der Waals surface area contributed by atoms with E-state index in [1.54, 1.807) is 11.3 Å². The number of carbonyl (C=O) groups excluding carboxylic acids is 1. The van der Waals surface area contributed by atoms with Crippen LogP contribution in [0.15, 0.2) is 17.8 Å². The fraction of sp³-hybridized carbons (Fsp3) is 0.571. The van der Waals surface area contributed by atoms with E-state index >= 15 is 0 Å². The number of nitrogens with zero attached hydrogens (tertiary/aromatic N) is 2. The van der Waals surface area contributed by atoms with Crippen molar-refractivity contribution in [3.8, 4) is 0 Å². The lowest BCUT2D eigenvalue weighted by Crippen LogP contribution is -2.53. The van der Waals surface area contributed by atoms with Crippen LogP contribution < -0.4 is 5.32 Å². The number of rotatable bonds is 4. The second kappa shape index (κ2) is 5.54. The topological polar surface area (TPSA) is 66.6 Å². The van der Waals surface area contributed by atoms with Crippen molar-refractivity contribution in [3.63, 3.8) is 0 Å². The molecule has 6 heteroatoms. The second-order valence-corrected chi connectivity index (χ2v) is 6.42. The molecule has 0 radical (unpaired) electrons. The Labute approximate surface area is 121 Å². The number of amides is 1. The maximum Gasteiger partial charge on any atom is 0.226 e. The summed E-state index contributed by atoms with van der Waals surface area (Å²) in [5, 5.41) is 14.6. The molecule has 0 unspecified atom stereocenters. The van der Waals surface area contributed by atoms with Gasteiger partial charge in [0.1, 0.15) is 0 Å². The van der Waals surface area contributed by atoms with Gasteiger partial charge in [-0.15, -0.1) is 11.3 Å². The van der Waals surface area contributed by atoms with E-state index in [0.29, 0.717) is 0 Å². The first-order valence-electron chi connectivity index (χ1n) is 7.04. The van der Waals surface area contributed by atoms with E-state index in [2.05, 4.69) is 10.3 Å². The molecule has 0 aliphatic heterocycles. The summed E-state index contributed by atoms with van der Waals surface area (Å²) in [6, 6.07) is 0. The van der Waals surface area contributed by atoms with Crippen LogP contribution in [0.2, 0.25) is 0 Å². The molecule has 0 atom stereocenters. The van der Waals surface area contributed by atoms with E-state index < -0.39 is 5.54 Å². The number of nitrogens with one attached hydrogen (secondary N) is 1. The summed E-state index contributed by atoms with van der Waals surface area (Å²) >= 11 is 1.55. The number of aromatic nitrogens is 2. The Hall–Kier alpha value is -1.40. The van der Waals surface area contributed by atoms with Crippen LogP contribution in [0.5, 0.6) is 0 Å². The highest BCUT2D eigenvalue weighted by atomic mass is 32.1. The van der Waals surface area contributed by atoms with E-state index in [1.165, 1.54) is 6.42 Å². The fourth-order valence-electron chi connectivity index (χ4n) is 2.92. The maximum atomic E-state index is 12.2. The molecule has 1 saturated carbocycles. The molecule has 0 bridgehead atoms. The number of aliphatic hydroxyl groups is 1. The van der Waals surface area contributed by atoms with Gasteiger partial charge in [-0.2, -0.15) is 0 Å². The maximum absolute atomic E-state index is 12.2. The van der Waals surface area contributed by atoms with E-state index in [1.807, 2.05) is 22.2 Å². The highest BCUT2D eigenvalue weighted by Gasteiger charge is 2.32. The van der Waals surface area contributed by atoms with Crippen molar-refractivity contribution in [3.05, 3.63) is 23.5 Å². The zero-order valence-corrected chi connectivity index (χ0v) is 12.2. The molecule has 0 saturated heterocycles. The number of carbonyl (C=O) groups is 1. The Bertz CT molecular complexity index is 570. The summed E-state index contributed by atoms with van der Waals surface area (Å²) in [5.41, 5.74) is 0.366. The van der Waals surface area contributed by atoms with Crippen LogP contribution in [-0.4, -0.2) is 32.5 Å². The highest BCUT2D eigenvalue weighted by Crippen LogP contribution is 2.27. The Morgan fingerprint density at radius 3 is 2.95 bits per heavy atom. The Kier molecular flexibility index (Phi) is 3.76. The number of hydrogen-bond donors (Lipinski definition) is 2. The minimum absolute atomic E-state index is 0.0248. The van der Waals surface area contributed by atoms with Gasteiger partial charge in [-0.05, 0) is 12.8 Å². The van der Waals surface area contributed by atoms with Crippen molar-refractivity contribution in [2.24, 2.45) is 0 Å². The van der Waals surface area contributed by atoms with E-state index in [9.17, 15) is 9.90 Å². The number of thiazole rings is 1. The number of hydrogen-bond acceptors (Lipinski definition) is 4. The molecule has 108 valence electrons. The van der Waals surface area contributed by atoms with Crippen LogP contribution in [0.25, 0.3) is 4.96 Å². The standard InChI is InChI=1S/C14H19N3O2S/c18-10-14(4-2-1-3-5-14)16-12(19)8-11-9-17-6-7-20-13(17)15-11/h6-7,9,18H,1-5,8,10H2,(H,16,19). The predicted molar refractivity (Wildman–Crippen MR) is 77.8 cm³/mol. The van der Waals surface area contributed by atoms with Crippen LogP contribution >= 0.6 is 11.3 Å². The molecule has 2 N–H and O–H groups in total. The summed E-state index contributed by atoms with van der Waals surface area (Å²) < 4.78 is 1.93.